The van der Waals surface area contributed by atoms with Crippen molar-refractivity contribution in [1.29, 1.82) is 0 Å². The van der Waals surface area contributed by atoms with Crippen molar-refractivity contribution in [3.05, 3.63) is 126 Å². The first-order valence-electron chi connectivity index (χ1n) is 9.72. The molecule has 0 radical (unpaired) electrons. The molecule has 0 aliphatic carbocycles. The highest BCUT2D eigenvalue weighted by Crippen LogP contribution is 2.35. The Morgan fingerprint density at radius 3 is 1.25 bits per heavy atom. The maximum absolute atomic E-state index is 2.33. The van der Waals surface area contributed by atoms with Crippen LogP contribution in [-0.2, 0) is 5.41 Å². The van der Waals surface area contributed by atoms with E-state index in [4.69, 9.17) is 0 Å². The fourth-order valence-corrected chi connectivity index (χ4v) is 5.93. The van der Waals surface area contributed by atoms with Crippen molar-refractivity contribution in [3.63, 3.8) is 0 Å². The summed E-state index contributed by atoms with van der Waals surface area (Å²) in [5.41, 5.74) is 2.68. The van der Waals surface area contributed by atoms with Crippen LogP contribution in [0.25, 0.3) is 0 Å². The van der Waals surface area contributed by atoms with Crippen molar-refractivity contribution in [3.8, 4) is 0 Å². The summed E-state index contributed by atoms with van der Waals surface area (Å²) in [7, 11) is -0.548. The minimum Gasteiger partial charge on any atom is -0.0622 e. The van der Waals surface area contributed by atoms with E-state index in [0.29, 0.717) is 0 Å². The van der Waals surface area contributed by atoms with Gasteiger partial charge >= 0.3 is 0 Å². The second-order valence-corrected chi connectivity index (χ2v) is 9.76. The molecule has 0 atom stereocenters. The Bertz CT molecular complexity index is 965. The molecular weight excluding hydrogens is 355 g/mol. The van der Waals surface area contributed by atoms with Gasteiger partial charge in [0, 0.05) is 5.41 Å². The van der Waals surface area contributed by atoms with Gasteiger partial charge in [-0.25, -0.2) is 0 Å². The Kier molecular flexibility index (Phi) is 5.42. The maximum Gasteiger partial charge on any atom is 0.0146 e. The topological polar surface area (TPSA) is 0 Å². The second kappa shape index (κ2) is 8.13. The van der Waals surface area contributed by atoms with Crippen LogP contribution in [0.2, 0.25) is 0 Å². The molecule has 138 valence electrons. The molecule has 0 saturated carbocycles. The Balaban J connectivity index is 1.73. The van der Waals surface area contributed by atoms with Gasteiger partial charge in [0.25, 0.3) is 0 Å². The van der Waals surface area contributed by atoms with Crippen molar-refractivity contribution >= 4 is 23.8 Å². The lowest BCUT2D eigenvalue weighted by atomic mass is 9.78. The van der Waals surface area contributed by atoms with Gasteiger partial charge in [-0.3, -0.25) is 0 Å². The van der Waals surface area contributed by atoms with E-state index in [1.165, 1.54) is 27.0 Å². The molecule has 0 aromatic heterocycles. The highest BCUT2D eigenvalue weighted by molar-refractivity contribution is 7.79. The molecule has 0 unspecified atom stereocenters. The third-order valence-corrected chi connectivity index (χ3v) is 7.82. The zero-order valence-electron chi connectivity index (χ0n) is 16.4. The van der Waals surface area contributed by atoms with Crippen LogP contribution in [0.4, 0.5) is 0 Å². The van der Waals surface area contributed by atoms with Gasteiger partial charge < -0.3 is 0 Å². The van der Waals surface area contributed by atoms with Crippen molar-refractivity contribution in [1.82, 2.24) is 0 Å². The molecule has 28 heavy (non-hydrogen) atoms. The van der Waals surface area contributed by atoms with E-state index in [-0.39, 0.29) is 5.41 Å². The van der Waals surface area contributed by atoms with E-state index in [0.717, 1.165) is 0 Å². The predicted octanol–water partition coefficient (Wildman–Crippen LogP) is 5.77. The monoisotopic (exact) mass is 380 g/mol. The Hall–Kier alpha value is -2.69. The van der Waals surface area contributed by atoms with Crippen LogP contribution in [0.1, 0.15) is 25.0 Å². The van der Waals surface area contributed by atoms with Crippen LogP contribution < -0.4 is 15.9 Å². The molecule has 0 spiro atoms. The summed E-state index contributed by atoms with van der Waals surface area (Å²) in [6.45, 7) is 4.60. The van der Waals surface area contributed by atoms with E-state index in [1.54, 1.807) is 0 Å². The molecule has 0 aliphatic heterocycles. The summed E-state index contributed by atoms with van der Waals surface area (Å²) in [4.78, 5) is 0. The molecule has 4 aromatic carbocycles. The van der Waals surface area contributed by atoms with Gasteiger partial charge in [0.1, 0.15) is 0 Å². The highest BCUT2D eigenvalue weighted by atomic mass is 31.1. The van der Waals surface area contributed by atoms with Gasteiger partial charge in [-0.05, 0) is 35.0 Å². The van der Waals surface area contributed by atoms with E-state index in [2.05, 4.69) is 129 Å². The summed E-state index contributed by atoms with van der Waals surface area (Å²) in [6, 6.07) is 41.8. The maximum atomic E-state index is 2.33. The lowest BCUT2D eigenvalue weighted by Gasteiger charge is -2.27. The van der Waals surface area contributed by atoms with E-state index < -0.39 is 7.92 Å². The van der Waals surface area contributed by atoms with Crippen LogP contribution in [0.3, 0.4) is 0 Å². The van der Waals surface area contributed by atoms with E-state index in [9.17, 15) is 0 Å². The second-order valence-electron chi connectivity index (χ2n) is 7.54. The standard InChI is InChI=1S/C27H25P/c1-27(2,22-12-6-3-7-13-22)23-18-20-26(21-19-23)28(24-14-8-4-9-15-24)25-16-10-5-11-17-25/h3-21H,1-2H3. The smallest absolute Gasteiger partial charge is 0.0146 e. The van der Waals surface area contributed by atoms with Crippen LogP contribution in [0, 0.1) is 0 Å². The average Bonchev–Trinajstić information content (AvgIpc) is 2.76. The summed E-state index contributed by atoms with van der Waals surface area (Å²) in [5, 5.41) is 4.16. The number of hydrogen-bond donors (Lipinski definition) is 0. The first-order valence-corrected chi connectivity index (χ1v) is 11.1. The lowest BCUT2D eigenvalue weighted by molar-refractivity contribution is 0.641. The SMILES string of the molecule is CC(C)(c1ccccc1)c1ccc(P(c2ccccc2)c2ccccc2)cc1. The molecule has 0 amide bonds. The first-order chi connectivity index (χ1) is 13.7. The van der Waals surface area contributed by atoms with Gasteiger partial charge in [0.2, 0.25) is 0 Å². The van der Waals surface area contributed by atoms with Gasteiger partial charge in [0.15, 0.2) is 0 Å². The van der Waals surface area contributed by atoms with E-state index >= 15 is 0 Å². The third-order valence-electron chi connectivity index (χ3n) is 5.37. The molecule has 0 aliphatic rings. The van der Waals surface area contributed by atoms with Crippen LogP contribution >= 0.6 is 7.92 Å². The van der Waals surface area contributed by atoms with Crippen LogP contribution in [-0.4, -0.2) is 0 Å². The van der Waals surface area contributed by atoms with Crippen molar-refractivity contribution in [2.24, 2.45) is 0 Å². The molecule has 0 fully saturated rings. The lowest BCUT2D eigenvalue weighted by Crippen LogP contribution is -2.22. The molecule has 1 heteroatoms. The van der Waals surface area contributed by atoms with Crippen molar-refractivity contribution in [2.75, 3.05) is 0 Å². The zero-order valence-corrected chi connectivity index (χ0v) is 17.3. The Morgan fingerprint density at radius 2 is 0.786 bits per heavy atom. The molecular formula is C27H25P. The molecule has 0 N–H and O–H groups in total. The van der Waals surface area contributed by atoms with Gasteiger partial charge in [0.05, 0.1) is 0 Å². The van der Waals surface area contributed by atoms with Gasteiger partial charge in [-0.1, -0.05) is 129 Å². The Labute approximate surface area is 169 Å². The highest BCUT2D eigenvalue weighted by Gasteiger charge is 2.23. The van der Waals surface area contributed by atoms with Crippen molar-refractivity contribution < 1.29 is 0 Å². The van der Waals surface area contributed by atoms with Crippen LogP contribution in [0.5, 0.6) is 0 Å². The first kappa shape index (κ1) is 18.7. The van der Waals surface area contributed by atoms with Gasteiger partial charge in [-0.15, -0.1) is 0 Å². The average molecular weight is 380 g/mol. The molecule has 0 bridgehead atoms. The molecule has 4 rings (SSSR count). The molecule has 0 heterocycles. The van der Waals surface area contributed by atoms with Crippen molar-refractivity contribution in [2.45, 2.75) is 19.3 Å². The Morgan fingerprint density at radius 1 is 0.429 bits per heavy atom. The fraction of sp³-hybridized carbons (Fsp3) is 0.111. The quantitative estimate of drug-likeness (QED) is 0.386. The number of hydrogen-bond acceptors (Lipinski definition) is 0. The molecule has 0 nitrogen and oxygen atoms in total. The summed E-state index contributed by atoms with van der Waals surface area (Å²) < 4.78 is 0. The van der Waals surface area contributed by atoms with E-state index in [1.807, 2.05) is 0 Å². The predicted molar refractivity (Wildman–Crippen MR) is 124 cm³/mol. The number of rotatable bonds is 5. The number of benzene rings is 4. The summed E-state index contributed by atoms with van der Waals surface area (Å²) in [5.74, 6) is 0. The van der Waals surface area contributed by atoms with Gasteiger partial charge in [-0.2, -0.15) is 0 Å². The normalized spacial score (nSPS) is 11.5. The summed E-state index contributed by atoms with van der Waals surface area (Å²) in [6.07, 6.45) is 0. The minimum atomic E-state index is -0.548. The fourth-order valence-electron chi connectivity index (χ4n) is 3.65. The molecule has 0 saturated heterocycles. The minimum absolute atomic E-state index is 0.0119. The largest absolute Gasteiger partial charge is 0.0622 e. The molecule has 4 aromatic rings. The third kappa shape index (κ3) is 3.79. The van der Waals surface area contributed by atoms with Crippen LogP contribution in [0.15, 0.2) is 115 Å². The zero-order chi connectivity index (χ0) is 19.4. The summed E-state index contributed by atoms with van der Waals surface area (Å²) >= 11 is 0.